The molecule has 6 heteroatoms. The maximum atomic E-state index is 13.0. The standard InChI is InChI=1S/C24H21N5O/c1-14-2-6-18(11-20(14)25)29-23(30)9-5-17-13-27-21-7-3-15(10-19(21)24(17)29)16-4-8-22(26)28-12-16/h2-4,6-8,10-13H,5,9,25H2,1H3,(H2,26,28). The molecule has 0 radical (unpaired) electrons. The minimum atomic E-state index is 0.0535. The number of nitrogens with two attached hydrogens (primary N) is 2. The molecular weight excluding hydrogens is 374 g/mol. The molecule has 0 atom stereocenters. The number of aromatic nitrogens is 2. The third-order valence-electron chi connectivity index (χ3n) is 5.64. The van der Waals surface area contributed by atoms with Crippen LogP contribution in [0.25, 0.3) is 22.0 Å². The first-order valence-electron chi connectivity index (χ1n) is 9.84. The molecule has 3 heterocycles. The van der Waals surface area contributed by atoms with E-state index >= 15 is 0 Å². The second-order valence-electron chi connectivity index (χ2n) is 7.61. The van der Waals surface area contributed by atoms with Gasteiger partial charge in [0.1, 0.15) is 5.82 Å². The lowest BCUT2D eigenvalue weighted by molar-refractivity contribution is -0.118. The van der Waals surface area contributed by atoms with Crippen molar-refractivity contribution in [3.63, 3.8) is 0 Å². The number of nitrogens with zero attached hydrogens (tertiary/aromatic N) is 3. The van der Waals surface area contributed by atoms with Crippen LogP contribution >= 0.6 is 0 Å². The molecule has 148 valence electrons. The van der Waals surface area contributed by atoms with Gasteiger partial charge in [0, 0.05) is 35.5 Å². The average molecular weight is 395 g/mol. The number of amides is 1. The summed E-state index contributed by atoms with van der Waals surface area (Å²) in [4.78, 5) is 23.6. The number of hydrogen-bond acceptors (Lipinski definition) is 5. The second kappa shape index (κ2) is 6.84. The SMILES string of the molecule is Cc1ccc(N2C(=O)CCc3cnc4ccc(-c5ccc(N)nc5)cc4c32)cc1N. The minimum absolute atomic E-state index is 0.0535. The molecule has 0 bridgehead atoms. The fourth-order valence-corrected chi connectivity index (χ4v) is 3.94. The fraction of sp³-hybridized carbons (Fsp3) is 0.125. The summed E-state index contributed by atoms with van der Waals surface area (Å²) in [5.74, 6) is 0.533. The number of aryl methyl sites for hydroxylation is 2. The smallest absolute Gasteiger partial charge is 0.231 e. The largest absolute Gasteiger partial charge is 0.398 e. The van der Waals surface area contributed by atoms with Crippen LogP contribution in [0.15, 0.2) is 60.9 Å². The summed E-state index contributed by atoms with van der Waals surface area (Å²) in [5.41, 5.74) is 19.0. The average Bonchev–Trinajstić information content (AvgIpc) is 2.76. The van der Waals surface area contributed by atoms with Gasteiger partial charge in [-0.3, -0.25) is 14.7 Å². The number of benzene rings is 2. The monoisotopic (exact) mass is 395 g/mol. The third kappa shape index (κ3) is 2.93. The maximum absolute atomic E-state index is 13.0. The van der Waals surface area contributed by atoms with Crippen molar-refractivity contribution in [2.75, 3.05) is 16.4 Å². The summed E-state index contributed by atoms with van der Waals surface area (Å²) in [6.07, 6.45) is 4.74. The van der Waals surface area contributed by atoms with Crippen LogP contribution in [0.3, 0.4) is 0 Å². The molecule has 2 aromatic heterocycles. The van der Waals surface area contributed by atoms with Crippen LogP contribution < -0.4 is 16.4 Å². The van der Waals surface area contributed by atoms with Gasteiger partial charge in [-0.25, -0.2) is 4.98 Å². The Morgan fingerprint density at radius 3 is 2.50 bits per heavy atom. The van der Waals surface area contributed by atoms with Gasteiger partial charge >= 0.3 is 0 Å². The molecule has 0 fully saturated rings. The minimum Gasteiger partial charge on any atom is -0.398 e. The molecule has 0 saturated heterocycles. The highest BCUT2D eigenvalue weighted by Gasteiger charge is 2.28. The van der Waals surface area contributed by atoms with E-state index in [0.717, 1.165) is 44.5 Å². The maximum Gasteiger partial charge on any atom is 0.231 e. The molecule has 0 aliphatic carbocycles. The van der Waals surface area contributed by atoms with Gasteiger partial charge in [0.15, 0.2) is 0 Å². The van der Waals surface area contributed by atoms with E-state index in [1.54, 1.807) is 17.2 Å². The summed E-state index contributed by atoms with van der Waals surface area (Å²) in [6, 6.07) is 15.5. The van der Waals surface area contributed by atoms with E-state index < -0.39 is 0 Å². The molecule has 1 amide bonds. The van der Waals surface area contributed by atoms with Gasteiger partial charge in [0.25, 0.3) is 0 Å². The Kier molecular flexibility index (Phi) is 4.13. The van der Waals surface area contributed by atoms with E-state index in [1.165, 1.54) is 0 Å². The number of pyridine rings is 2. The molecule has 5 rings (SSSR count). The Hall–Kier alpha value is -3.93. The van der Waals surface area contributed by atoms with Crippen molar-refractivity contribution in [3.8, 4) is 11.1 Å². The van der Waals surface area contributed by atoms with E-state index in [2.05, 4.69) is 16.0 Å². The number of carbonyl (C=O) groups excluding carboxylic acids is 1. The van der Waals surface area contributed by atoms with Gasteiger partial charge in [0.05, 0.1) is 16.9 Å². The lowest BCUT2D eigenvalue weighted by Gasteiger charge is -2.31. The van der Waals surface area contributed by atoms with Gasteiger partial charge in [-0.2, -0.15) is 0 Å². The molecule has 0 unspecified atom stereocenters. The summed E-state index contributed by atoms with van der Waals surface area (Å²) in [7, 11) is 0. The van der Waals surface area contributed by atoms with Crippen molar-refractivity contribution < 1.29 is 4.79 Å². The van der Waals surface area contributed by atoms with Crippen molar-refractivity contribution >= 4 is 39.7 Å². The molecule has 6 nitrogen and oxygen atoms in total. The van der Waals surface area contributed by atoms with Crippen molar-refractivity contribution in [3.05, 3.63) is 72.1 Å². The number of carbonyl (C=O) groups is 1. The molecule has 0 saturated carbocycles. The first-order chi connectivity index (χ1) is 14.5. The zero-order valence-corrected chi connectivity index (χ0v) is 16.6. The molecule has 30 heavy (non-hydrogen) atoms. The van der Waals surface area contributed by atoms with E-state index in [1.807, 2.05) is 49.5 Å². The van der Waals surface area contributed by atoms with E-state index in [0.29, 0.717) is 24.3 Å². The van der Waals surface area contributed by atoms with Crippen molar-refractivity contribution in [2.45, 2.75) is 19.8 Å². The van der Waals surface area contributed by atoms with E-state index in [9.17, 15) is 4.79 Å². The first-order valence-corrected chi connectivity index (χ1v) is 9.84. The number of nitrogen functional groups attached to an aromatic ring is 2. The topological polar surface area (TPSA) is 98.1 Å². The van der Waals surface area contributed by atoms with Gasteiger partial charge in [0.2, 0.25) is 5.91 Å². The number of fused-ring (bicyclic) bond motifs is 3. The third-order valence-corrected chi connectivity index (χ3v) is 5.64. The van der Waals surface area contributed by atoms with E-state index in [4.69, 9.17) is 11.5 Å². The van der Waals surface area contributed by atoms with Crippen molar-refractivity contribution in [1.29, 1.82) is 0 Å². The zero-order valence-electron chi connectivity index (χ0n) is 16.6. The van der Waals surface area contributed by atoms with Crippen LogP contribution in [0, 0.1) is 6.92 Å². The van der Waals surface area contributed by atoms with Crippen LogP contribution in [0.1, 0.15) is 17.5 Å². The van der Waals surface area contributed by atoms with Crippen molar-refractivity contribution in [1.82, 2.24) is 9.97 Å². The van der Waals surface area contributed by atoms with Crippen LogP contribution in [0.2, 0.25) is 0 Å². The molecule has 4 N–H and O–H groups in total. The quantitative estimate of drug-likeness (QED) is 0.491. The number of anilines is 4. The Morgan fingerprint density at radius 2 is 1.73 bits per heavy atom. The highest BCUT2D eigenvalue weighted by molar-refractivity contribution is 6.11. The van der Waals surface area contributed by atoms with Gasteiger partial charge < -0.3 is 11.5 Å². The lowest BCUT2D eigenvalue weighted by Crippen LogP contribution is -2.31. The predicted molar refractivity (Wildman–Crippen MR) is 120 cm³/mol. The van der Waals surface area contributed by atoms with Crippen LogP contribution in [-0.2, 0) is 11.2 Å². The van der Waals surface area contributed by atoms with Crippen molar-refractivity contribution in [2.24, 2.45) is 0 Å². The zero-order chi connectivity index (χ0) is 20.8. The normalized spacial score (nSPS) is 13.5. The van der Waals surface area contributed by atoms with Gasteiger partial charge in [-0.05, 0) is 66.4 Å². The van der Waals surface area contributed by atoms with Crippen LogP contribution in [0.4, 0.5) is 22.9 Å². The number of hydrogen-bond donors (Lipinski definition) is 2. The predicted octanol–water partition coefficient (Wildman–Crippen LogP) is 4.38. The summed E-state index contributed by atoms with van der Waals surface area (Å²) >= 11 is 0. The van der Waals surface area contributed by atoms with E-state index in [-0.39, 0.29) is 5.91 Å². The van der Waals surface area contributed by atoms with Crippen LogP contribution in [0.5, 0.6) is 0 Å². The fourth-order valence-electron chi connectivity index (χ4n) is 3.94. The highest BCUT2D eigenvalue weighted by atomic mass is 16.2. The van der Waals surface area contributed by atoms with Gasteiger partial charge in [-0.15, -0.1) is 0 Å². The molecule has 1 aliphatic rings. The highest BCUT2D eigenvalue weighted by Crippen LogP contribution is 2.41. The molecule has 1 aliphatic heterocycles. The summed E-state index contributed by atoms with van der Waals surface area (Å²) in [6.45, 7) is 1.96. The lowest BCUT2D eigenvalue weighted by atomic mass is 9.96. The second-order valence-corrected chi connectivity index (χ2v) is 7.61. The summed E-state index contributed by atoms with van der Waals surface area (Å²) < 4.78 is 0. The molecule has 2 aromatic carbocycles. The molecule has 0 spiro atoms. The Morgan fingerprint density at radius 1 is 0.900 bits per heavy atom. The Labute approximate surface area is 174 Å². The summed E-state index contributed by atoms with van der Waals surface area (Å²) in [5, 5.41) is 0.925. The molecular formula is C24H21N5O. The Bertz CT molecular complexity index is 1300. The number of rotatable bonds is 2. The first kappa shape index (κ1) is 18.1. The Balaban J connectivity index is 1.74. The molecule has 4 aromatic rings. The van der Waals surface area contributed by atoms with Gasteiger partial charge in [-0.1, -0.05) is 12.1 Å². The van der Waals surface area contributed by atoms with Crippen LogP contribution in [-0.4, -0.2) is 15.9 Å².